The van der Waals surface area contributed by atoms with E-state index in [2.05, 4.69) is 46.7 Å². The van der Waals surface area contributed by atoms with Crippen LogP contribution in [0.5, 0.6) is 11.5 Å². The van der Waals surface area contributed by atoms with Gasteiger partial charge in [-0.25, -0.2) is 0 Å². The molecule has 0 saturated carbocycles. The lowest BCUT2D eigenvalue weighted by molar-refractivity contribution is 0.173. The van der Waals surface area contributed by atoms with Gasteiger partial charge < -0.3 is 14.0 Å². The van der Waals surface area contributed by atoms with Gasteiger partial charge >= 0.3 is 0 Å². The fourth-order valence-corrected chi connectivity index (χ4v) is 5.51. The number of fused-ring (bicyclic) bond motifs is 3. The molecular weight excluding hydrogens is 372 g/mol. The lowest BCUT2D eigenvalue weighted by Gasteiger charge is -2.34. The summed E-state index contributed by atoms with van der Waals surface area (Å²) in [5.74, 6) is 1.66. The zero-order valence-corrected chi connectivity index (χ0v) is 18.4. The van der Waals surface area contributed by atoms with Crippen LogP contribution in [0.3, 0.4) is 0 Å². The molecular formula is C26H32N2O2. The summed E-state index contributed by atoms with van der Waals surface area (Å²) in [5, 5.41) is 1.49. The number of hydrogen-bond acceptors (Lipinski definition) is 3. The van der Waals surface area contributed by atoms with E-state index in [0.29, 0.717) is 12.6 Å². The molecule has 0 radical (unpaired) electrons. The van der Waals surface area contributed by atoms with E-state index in [-0.39, 0.29) is 0 Å². The molecule has 4 nitrogen and oxygen atoms in total. The molecule has 4 heteroatoms. The average molecular weight is 405 g/mol. The molecule has 30 heavy (non-hydrogen) atoms. The van der Waals surface area contributed by atoms with Gasteiger partial charge in [-0.15, -0.1) is 0 Å². The van der Waals surface area contributed by atoms with E-state index in [4.69, 9.17) is 9.47 Å². The van der Waals surface area contributed by atoms with Crippen molar-refractivity contribution in [1.82, 2.24) is 9.47 Å². The number of nitrogens with zero attached hydrogens (tertiary/aromatic N) is 2. The molecule has 1 atom stereocenters. The van der Waals surface area contributed by atoms with Crippen LogP contribution in [-0.2, 0) is 19.5 Å². The van der Waals surface area contributed by atoms with Gasteiger partial charge in [0.1, 0.15) is 0 Å². The maximum Gasteiger partial charge on any atom is 0.161 e. The van der Waals surface area contributed by atoms with Crippen LogP contribution < -0.4 is 9.47 Å². The van der Waals surface area contributed by atoms with Gasteiger partial charge in [-0.3, -0.25) is 4.90 Å². The van der Waals surface area contributed by atoms with Gasteiger partial charge in [-0.1, -0.05) is 17.7 Å². The number of benzene rings is 2. The summed E-state index contributed by atoms with van der Waals surface area (Å²) >= 11 is 0. The Morgan fingerprint density at radius 1 is 1.03 bits per heavy atom. The van der Waals surface area contributed by atoms with Crippen LogP contribution in [0.25, 0.3) is 10.9 Å². The van der Waals surface area contributed by atoms with E-state index in [1.54, 1.807) is 18.4 Å². The first-order valence-electron chi connectivity index (χ1n) is 11.3. The summed E-state index contributed by atoms with van der Waals surface area (Å²) in [5.41, 5.74) is 7.27. The molecule has 0 amide bonds. The van der Waals surface area contributed by atoms with Crippen molar-refractivity contribution in [3.63, 3.8) is 0 Å². The minimum absolute atomic E-state index is 0.501. The molecule has 158 valence electrons. The van der Waals surface area contributed by atoms with Crippen molar-refractivity contribution in [2.75, 3.05) is 20.3 Å². The smallest absolute Gasteiger partial charge is 0.161 e. The summed E-state index contributed by atoms with van der Waals surface area (Å²) in [7, 11) is 1.70. The van der Waals surface area contributed by atoms with Gasteiger partial charge in [-0.05, 0) is 74.9 Å². The molecule has 0 N–H and O–H groups in total. The van der Waals surface area contributed by atoms with Crippen molar-refractivity contribution in [3.05, 3.63) is 58.8 Å². The van der Waals surface area contributed by atoms with E-state index in [1.165, 1.54) is 47.7 Å². The average Bonchev–Trinajstić information content (AvgIpc) is 2.94. The lowest BCUT2D eigenvalue weighted by atomic mass is 9.90. The molecule has 2 aliphatic rings. The van der Waals surface area contributed by atoms with E-state index in [9.17, 15) is 0 Å². The van der Waals surface area contributed by atoms with Crippen molar-refractivity contribution in [1.29, 1.82) is 0 Å². The predicted octanol–water partition coefficient (Wildman–Crippen LogP) is 5.64. The first kappa shape index (κ1) is 19.5. The van der Waals surface area contributed by atoms with Crippen molar-refractivity contribution in [2.45, 2.75) is 58.7 Å². The summed E-state index contributed by atoms with van der Waals surface area (Å²) in [6.07, 6.45) is 4.92. The minimum Gasteiger partial charge on any atom is -0.493 e. The Kier molecular flexibility index (Phi) is 5.20. The van der Waals surface area contributed by atoms with Gasteiger partial charge in [0, 0.05) is 36.2 Å². The quantitative estimate of drug-likeness (QED) is 0.550. The third kappa shape index (κ3) is 3.27. The van der Waals surface area contributed by atoms with Crippen LogP contribution >= 0.6 is 0 Å². The molecule has 0 bridgehead atoms. The van der Waals surface area contributed by atoms with Gasteiger partial charge in [-0.2, -0.15) is 0 Å². The molecule has 2 heterocycles. The second kappa shape index (κ2) is 7.99. The number of hydrogen-bond donors (Lipinski definition) is 0. The molecule has 1 unspecified atom stereocenters. The van der Waals surface area contributed by atoms with Crippen molar-refractivity contribution in [3.8, 4) is 11.5 Å². The minimum atomic E-state index is 0.501. The SMILES string of the molecule is CCOc1cc(CN2CCCn3c4c(c5cc(C)ccc53)CCCC42)ccc1OC. The van der Waals surface area contributed by atoms with Crippen molar-refractivity contribution >= 4 is 10.9 Å². The summed E-state index contributed by atoms with van der Waals surface area (Å²) in [4.78, 5) is 2.70. The maximum absolute atomic E-state index is 5.83. The lowest BCUT2D eigenvalue weighted by Crippen LogP contribution is -2.31. The first-order chi connectivity index (χ1) is 14.7. The van der Waals surface area contributed by atoms with Crippen molar-refractivity contribution in [2.24, 2.45) is 0 Å². The van der Waals surface area contributed by atoms with Gasteiger partial charge in [0.2, 0.25) is 0 Å². The standard InChI is InChI=1S/C26H32N2O2/c1-4-30-25-16-19(10-12-24(25)29-3)17-27-13-6-14-28-22-11-9-18(2)15-21(22)20-7-5-8-23(27)26(20)28/h9-12,15-16,23H,4-8,13-14,17H2,1-3H3. The van der Waals surface area contributed by atoms with Crippen LogP contribution in [0.15, 0.2) is 36.4 Å². The summed E-state index contributed by atoms with van der Waals surface area (Å²) in [6, 6.07) is 13.9. The van der Waals surface area contributed by atoms with E-state index in [0.717, 1.165) is 31.1 Å². The summed E-state index contributed by atoms with van der Waals surface area (Å²) < 4.78 is 13.9. The molecule has 0 spiro atoms. The van der Waals surface area contributed by atoms with Crippen LogP contribution in [0.4, 0.5) is 0 Å². The Labute approximate surface area is 179 Å². The van der Waals surface area contributed by atoms with Crippen LogP contribution in [0.2, 0.25) is 0 Å². The molecule has 1 aliphatic heterocycles. The Bertz CT molecular complexity index is 1060. The van der Waals surface area contributed by atoms with E-state index in [1.807, 2.05) is 13.0 Å². The number of aromatic nitrogens is 1. The first-order valence-corrected chi connectivity index (χ1v) is 11.3. The predicted molar refractivity (Wildman–Crippen MR) is 122 cm³/mol. The monoisotopic (exact) mass is 404 g/mol. The molecule has 2 aromatic carbocycles. The fourth-order valence-electron chi connectivity index (χ4n) is 5.51. The Hall–Kier alpha value is -2.46. The topological polar surface area (TPSA) is 26.6 Å². The van der Waals surface area contributed by atoms with Crippen LogP contribution in [0.1, 0.15) is 54.6 Å². The number of methoxy groups -OCH3 is 1. The van der Waals surface area contributed by atoms with Gasteiger partial charge in [0.15, 0.2) is 11.5 Å². The second-order valence-electron chi connectivity index (χ2n) is 8.69. The molecule has 0 fully saturated rings. The Morgan fingerprint density at radius 3 is 2.77 bits per heavy atom. The number of rotatable bonds is 5. The highest BCUT2D eigenvalue weighted by molar-refractivity contribution is 5.87. The number of aryl methyl sites for hydroxylation is 3. The third-order valence-corrected chi connectivity index (χ3v) is 6.77. The molecule has 0 saturated heterocycles. The Balaban J connectivity index is 1.52. The van der Waals surface area contributed by atoms with Gasteiger partial charge in [0.25, 0.3) is 0 Å². The zero-order valence-electron chi connectivity index (χ0n) is 18.4. The van der Waals surface area contributed by atoms with Crippen molar-refractivity contribution < 1.29 is 9.47 Å². The number of ether oxygens (including phenoxy) is 2. The zero-order chi connectivity index (χ0) is 20.7. The largest absolute Gasteiger partial charge is 0.493 e. The second-order valence-corrected chi connectivity index (χ2v) is 8.69. The van der Waals surface area contributed by atoms with Gasteiger partial charge in [0.05, 0.1) is 19.8 Å². The normalized spacial score (nSPS) is 18.8. The van der Waals surface area contributed by atoms with Crippen LogP contribution in [0, 0.1) is 6.92 Å². The highest BCUT2D eigenvalue weighted by Crippen LogP contribution is 2.43. The summed E-state index contributed by atoms with van der Waals surface area (Å²) in [6.45, 7) is 8.08. The highest BCUT2D eigenvalue weighted by Gasteiger charge is 2.33. The molecule has 1 aliphatic carbocycles. The maximum atomic E-state index is 5.83. The third-order valence-electron chi connectivity index (χ3n) is 6.77. The van der Waals surface area contributed by atoms with E-state index >= 15 is 0 Å². The highest BCUT2D eigenvalue weighted by atomic mass is 16.5. The Morgan fingerprint density at radius 2 is 1.93 bits per heavy atom. The van der Waals surface area contributed by atoms with E-state index < -0.39 is 0 Å². The van der Waals surface area contributed by atoms with Crippen LogP contribution in [-0.4, -0.2) is 29.7 Å². The fraction of sp³-hybridized carbons (Fsp3) is 0.462. The molecule has 5 rings (SSSR count). The molecule has 1 aromatic heterocycles. The molecule has 3 aromatic rings.